The van der Waals surface area contributed by atoms with Gasteiger partial charge >= 0.3 is 5.69 Å². The van der Waals surface area contributed by atoms with Gasteiger partial charge in [0.05, 0.1) is 5.69 Å². The van der Waals surface area contributed by atoms with Crippen molar-refractivity contribution in [2.24, 2.45) is 0 Å². The number of piperidine rings is 1. The molecule has 0 saturated carbocycles. The quantitative estimate of drug-likeness (QED) is 0.941. The summed E-state index contributed by atoms with van der Waals surface area (Å²) in [6.07, 6.45) is 6.17. The molecular weight excluding hydrogens is 262 g/mol. The van der Waals surface area contributed by atoms with Gasteiger partial charge in [0.2, 0.25) is 0 Å². The van der Waals surface area contributed by atoms with E-state index in [-0.39, 0.29) is 11.7 Å². The molecule has 21 heavy (non-hydrogen) atoms. The summed E-state index contributed by atoms with van der Waals surface area (Å²) in [5, 5.41) is 3.45. The fourth-order valence-electron chi connectivity index (χ4n) is 3.04. The second kappa shape index (κ2) is 5.90. The first-order valence-electron chi connectivity index (χ1n) is 7.77. The Morgan fingerprint density at radius 1 is 1.29 bits per heavy atom. The van der Waals surface area contributed by atoms with Crippen LogP contribution in [0.1, 0.15) is 44.2 Å². The van der Waals surface area contributed by atoms with Crippen LogP contribution in [0.15, 0.2) is 41.5 Å². The van der Waals surface area contributed by atoms with Gasteiger partial charge in [-0.05, 0) is 56.8 Å². The van der Waals surface area contributed by atoms with E-state index in [1.807, 2.05) is 32.3 Å². The van der Waals surface area contributed by atoms with Gasteiger partial charge in [0.1, 0.15) is 0 Å². The molecule has 0 spiro atoms. The molecule has 1 saturated heterocycles. The minimum Gasteiger partial charge on any atom is -0.316 e. The summed E-state index contributed by atoms with van der Waals surface area (Å²) >= 11 is 0. The summed E-state index contributed by atoms with van der Waals surface area (Å²) in [6, 6.07) is 8.57. The summed E-state index contributed by atoms with van der Waals surface area (Å²) in [5.74, 6) is 0.557. The molecule has 4 heteroatoms. The molecule has 3 rings (SSSR count). The van der Waals surface area contributed by atoms with Gasteiger partial charge in [-0.2, -0.15) is 0 Å². The van der Waals surface area contributed by atoms with Crippen molar-refractivity contribution < 1.29 is 0 Å². The molecule has 1 aliphatic heterocycles. The van der Waals surface area contributed by atoms with Crippen molar-refractivity contribution in [1.29, 1.82) is 0 Å². The predicted molar refractivity (Wildman–Crippen MR) is 85.3 cm³/mol. The maximum Gasteiger partial charge on any atom is 0.332 e. The average Bonchev–Trinajstić information content (AvgIpc) is 2.90. The van der Waals surface area contributed by atoms with E-state index in [0.717, 1.165) is 18.8 Å². The third-order valence-corrected chi connectivity index (χ3v) is 4.28. The topological polar surface area (TPSA) is 39.0 Å². The van der Waals surface area contributed by atoms with Crippen LogP contribution >= 0.6 is 0 Å². The van der Waals surface area contributed by atoms with Crippen molar-refractivity contribution in [2.45, 2.75) is 38.6 Å². The van der Waals surface area contributed by atoms with Crippen LogP contribution in [-0.4, -0.2) is 22.2 Å². The molecule has 1 unspecified atom stereocenters. The minimum absolute atomic E-state index is 0.0314. The van der Waals surface area contributed by atoms with Crippen LogP contribution in [-0.2, 0) is 0 Å². The lowest BCUT2D eigenvalue weighted by molar-refractivity contribution is 0.461. The summed E-state index contributed by atoms with van der Waals surface area (Å²) in [5.41, 5.74) is 2.32. The van der Waals surface area contributed by atoms with E-state index in [2.05, 4.69) is 23.5 Å². The lowest BCUT2D eigenvalue weighted by Crippen LogP contribution is -2.28. The fraction of sp³-hybridized carbons (Fsp3) is 0.471. The van der Waals surface area contributed by atoms with Crippen molar-refractivity contribution in [3.05, 3.63) is 52.7 Å². The smallest absolute Gasteiger partial charge is 0.316 e. The van der Waals surface area contributed by atoms with Crippen LogP contribution in [0.3, 0.4) is 0 Å². The highest BCUT2D eigenvalue weighted by Gasteiger charge is 2.16. The second-order valence-corrected chi connectivity index (χ2v) is 6.09. The number of nitrogens with zero attached hydrogens (tertiary/aromatic N) is 2. The van der Waals surface area contributed by atoms with Gasteiger partial charge in [-0.3, -0.25) is 9.13 Å². The molecule has 1 aliphatic rings. The van der Waals surface area contributed by atoms with Gasteiger partial charge in [0.25, 0.3) is 0 Å². The second-order valence-electron chi connectivity index (χ2n) is 6.09. The Kier molecular flexibility index (Phi) is 3.97. The number of imidazole rings is 1. The van der Waals surface area contributed by atoms with E-state index < -0.39 is 0 Å². The van der Waals surface area contributed by atoms with Gasteiger partial charge in [-0.25, -0.2) is 4.79 Å². The Balaban J connectivity index is 1.94. The van der Waals surface area contributed by atoms with Gasteiger partial charge in [-0.15, -0.1) is 0 Å². The zero-order valence-electron chi connectivity index (χ0n) is 12.7. The summed E-state index contributed by atoms with van der Waals surface area (Å²) < 4.78 is 3.49. The molecule has 0 radical (unpaired) electrons. The first kappa shape index (κ1) is 14.1. The van der Waals surface area contributed by atoms with E-state index in [1.165, 1.54) is 18.4 Å². The highest BCUT2D eigenvalue weighted by Crippen LogP contribution is 2.24. The van der Waals surface area contributed by atoms with E-state index in [4.69, 9.17) is 0 Å². The maximum absolute atomic E-state index is 12.4. The number of nitrogens with one attached hydrogen (secondary N) is 1. The molecule has 0 aliphatic carbocycles. The number of rotatable bonds is 3. The highest BCUT2D eigenvalue weighted by molar-refractivity contribution is 5.37. The number of hydrogen-bond donors (Lipinski definition) is 1. The van der Waals surface area contributed by atoms with Crippen LogP contribution < -0.4 is 11.0 Å². The third kappa shape index (κ3) is 2.81. The Labute approximate surface area is 125 Å². The molecule has 1 aromatic carbocycles. The predicted octanol–water partition coefficient (Wildman–Crippen LogP) is 2.69. The lowest BCUT2D eigenvalue weighted by atomic mass is 9.91. The van der Waals surface area contributed by atoms with Crippen LogP contribution in [0.5, 0.6) is 0 Å². The Morgan fingerprint density at radius 3 is 2.81 bits per heavy atom. The minimum atomic E-state index is 0.0314. The lowest BCUT2D eigenvalue weighted by Gasteiger charge is -2.23. The van der Waals surface area contributed by atoms with Crippen LogP contribution in [0, 0.1) is 0 Å². The first-order chi connectivity index (χ1) is 10.2. The maximum atomic E-state index is 12.4. The summed E-state index contributed by atoms with van der Waals surface area (Å²) in [6.45, 7) is 6.20. The highest BCUT2D eigenvalue weighted by atomic mass is 16.1. The van der Waals surface area contributed by atoms with Gasteiger partial charge in [-0.1, -0.05) is 12.1 Å². The van der Waals surface area contributed by atoms with Crippen molar-refractivity contribution in [2.75, 3.05) is 13.1 Å². The normalized spacial score (nSPS) is 19.1. The summed E-state index contributed by atoms with van der Waals surface area (Å²) in [4.78, 5) is 12.4. The average molecular weight is 285 g/mol. The van der Waals surface area contributed by atoms with Crippen molar-refractivity contribution >= 4 is 0 Å². The molecule has 2 aromatic rings. The molecule has 0 amide bonds. The van der Waals surface area contributed by atoms with Gasteiger partial charge in [0.15, 0.2) is 0 Å². The Morgan fingerprint density at radius 2 is 2.14 bits per heavy atom. The molecule has 0 bridgehead atoms. The Hall–Kier alpha value is -1.81. The van der Waals surface area contributed by atoms with Crippen LogP contribution in [0.2, 0.25) is 0 Å². The van der Waals surface area contributed by atoms with E-state index >= 15 is 0 Å². The molecule has 1 N–H and O–H groups in total. The van der Waals surface area contributed by atoms with E-state index in [0.29, 0.717) is 5.92 Å². The SMILES string of the molecule is CC(C)n1ccn(-c2cccc(C3CCCNC3)c2)c1=O. The van der Waals surface area contributed by atoms with Crippen LogP contribution in [0.4, 0.5) is 0 Å². The molecular formula is C17H23N3O. The number of aromatic nitrogens is 2. The fourth-order valence-corrected chi connectivity index (χ4v) is 3.04. The number of hydrogen-bond acceptors (Lipinski definition) is 2. The molecule has 1 atom stereocenters. The van der Waals surface area contributed by atoms with Crippen molar-refractivity contribution in [3.8, 4) is 5.69 Å². The molecule has 2 heterocycles. The van der Waals surface area contributed by atoms with Crippen molar-refractivity contribution in [3.63, 3.8) is 0 Å². The van der Waals surface area contributed by atoms with Gasteiger partial charge < -0.3 is 5.32 Å². The molecule has 1 aromatic heterocycles. The molecule has 4 nitrogen and oxygen atoms in total. The Bertz CT molecular complexity index is 663. The van der Waals surface area contributed by atoms with E-state index in [9.17, 15) is 4.79 Å². The zero-order chi connectivity index (χ0) is 14.8. The molecule has 1 fully saturated rings. The first-order valence-corrected chi connectivity index (χ1v) is 7.77. The van der Waals surface area contributed by atoms with E-state index in [1.54, 1.807) is 9.13 Å². The third-order valence-electron chi connectivity index (χ3n) is 4.28. The zero-order valence-corrected chi connectivity index (χ0v) is 12.7. The standard InChI is InChI=1S/C17H23N3O/c1-13(2)19-9-10-20(17(19)21)16-7-3-5-14(11-16)15-6-4-8-18-12-15/h3,5,7,9-11,13,15,18H,4,6,8,12H2,1-2H3. The van der Waals surface area contributed by atoms with Crippen molar-refractivity contribution in [1.82, 2.24) is 14.5 Å². The summed E-state index contributed by atoms with van der Waals surface area (Å²) in [7, 11) is 0. The van der Waals surface area contributed by atoms with Gasteiger partial charge in [0, 0.05) is 25.0 Å². The number of benzene rings is 1. The van der Waals surface area contributed by atoms with Crippen LogP contribution in [0.25, 0.3) is 5.69 Å². The monoisotopic (exact) mass is 285 g/mol. The molecule has 112 valence electrons. The largest absolute Gasteiger partial charge is 0.332 e.